The third-order valence-electron chi connectivity index (χ3n) is 23.2. The zero-order valence-corrected chi connectivity index (χ0v) is 64.1. The third-order valence-corrected chi connectivity index (χ3v) is 23.2. The van der Waals surface area contributed by atoms with Crippen LogP contribution in [0, 0.1) is 34.0 Å². The van der Waals surface area contributed by atoms with Gasteiger partial charge >= 0.3 is 0 Å². The molecule has 0 aliphatic carbocycles. The van der Waals surface area contributed by atoms with E-state index in [0.717, 1.165) is 183 Å². The van der Waals surface area contributed by atoms with Crippen LogP contribution in [0.5, 0.6) is 0 Å². The lowest BCUT2D eigenvalue weighted by molar-refractivity contribution is 0.669. The molecule has 12 heteroatoms. The van der Waals surface area contributed by atoms with Gasteiger partial charge in [0, 0.05) is 142 Å². The summed E-state index contributed by atoms with van der Waals surface area (Å²) in [4.78, 5) is 12.5. The predicted molar refractivity (Wildman–Crippen MR) is 484 cm³/mol. The quantitative estimate of drug-likeness (QED) is 0.137. The van der Waals surface area contributed by atoms with Gasteiger partial charge in [0.25, 0.3) is 0 Å². The Morgan fingerprint density at radius 2 is 0.567 bits per heavy atom. The van der Waals surface area contributed by atoms with Crippen molar-refractivity contribution in [3.8, 4) is 102 Å². The fourth-order valence-corrected chi connectivity index (χ4v) is 17.8. The van der Waals surface area contributed by atoms with E-state index < -0.39 is 0 Å². The standard InChI is InChI=1S/3C36H21N3O/c37-22-26-19-24(16-17-38-26)23-8-7-9-25(18-23)27-10-1-4-13-32(27)39-33-14-5-2-11-28(33)30-20-31-29-12-3-6-15-35(29)40-36(31)21-34(30)39;37-21-25-22-38-17-16-26(25)23-8-7-9-24(18-23)27-10-1-4-13-32(27)39-33-14-5-2-11-28(33)30-19-31-29-12-3-6-15-35(29)40-36(31)20-34(30)39;37-21-25-16-17-38-22-31(25)24-9-7-8-23(18-24)26-10-1-4-13-32(26)39-33-14-5-2-11-27(33)29-19-30-28-12-3-6-15-35(28)40-36(30)20-34(29)39/h1-21H;2*1-20,22H. The van der Waals surface area contributed by atoms with Crippen LogP contribution in [0.2, 0.25) is 0 Å². The minimum atomic E-state index is 0.408. The summed E-state index contributed by atoms with van der Waals surface area (Å²) in [6, 6.07) is 128. The van der Waals surface area contributed by atoms with Crippen molar-refractivity contribution in [2.45, 2.75) is 0 Å². The van der Waals surface area contributed by atoms with Crippen molar-refractivity contribution in [1.29, 1.82) is 15.8 Å². The highest BCUT2D eigenvalue weighted by atomic mass is 16.3. The second-order valence-corrected chi connectivity index (χ2v) is 29.9. The molecule has 0 fully saturated rings. The SMILES string of the molecule is N#Cc1cc(-c2cccc(-c3ccccc3-n3c4ccccc4c4cc5c(cc43)oc3ccccc35)c2)ccn1.N#Cc1ccncc1-c1cccc(-c2ccccc2-n2c3ccccc3c3cc4c(cc32)oc2ccccc24)c1.N#Cc1cnccc1-c1cccc(-c2ccccc2-n2c3ccccc3c3cc4c(cc32)oc2ccccc24)c1. The molecule has 9 heterocycles. The van der Waals surface area contributed by atoms with Gasteiger partial charge in [0.1, 0.15) is 51.3 Å². The molecule has 0 bridgehead atoms. The molecule has 0 amide bonds. The second kappa shape index (κ2) is 28.8. The molecule has 24 aromatic rings. The highest BCUT2D eigenvalue weighted by Gasteiger charge is 2.24. The van der Waals surface area contributed by atoms with Crippen molar-refractivity contribution in [3.05, 3.63) is 400 Å². The average molecular weight is 1530 g/mol. The van der Waals surface area contributed by atoms with E-state index in [0.29, 0.717) is 16.8 Å². The molecule has 0 saturated carbocycles. The Labute approximate surface area is 686 Å². The fourth-order valence-electron chi connectivity index (χ4n) is 17.8. The number of aromatic nitrogens is 6. The summed E-state index contributed by atoms with van der Waals surface area (Å²) in [7, 11) is 0. The molecule has 15 aromatic carbocycles. The lowest BCUT2D eigenvalue weighted by Gasteiger charge is -2.15. The molecule has 0 aliphatic rings. The van der Waals surface area contributed by atoms with Crippen LogP contribution >= 0.6 is 0 Å². The molecule has 9 aromatic heterocycles. The van der Waals surface area contributed by atoms with Gasteiger partial charge in [-0.05, 0) is 154 Å². The smallest absolute Gasteiger partial charge is 0.141 e. The van der Waals surface area contributed by atoms with Crippen LogP contribution in [0.4, 0.5) is 0 Å². The first-order valence-electron chi connectivity index (χ1n) is 39.6. The number of furan rings is 3. The number of nitriles is 3. The lowest BCUT2D eigenvalue weighted by Crippen LogP contribution is -1.97. The van der Waals surface area contributed by atoms with Crippen molar-refractivity contribution < 1.29 is 13.3 Å². The number of para-hydroxylation sites is 9. The van der Waals surface area contributed by atoms with Gasteiger partial charge in [-0.15, -0.1) is 0 Å². The van der Waals surface area contributed by atoms with Gasteiger partial charge < -0.3 is 27.0 Å². The van der Waals surface area contributed by atoms with E-state index in [-0.39, 0.29) is 0 Å². The molecule has 120 heavy (non-hydrogen) atoms. The fraction of sp³-hybridized carbons (Fsp3) is 0. The number of hydrogen-bond acceptors (Lipinski definition) is 9. The van der Waals surface area contributed by atoms with Crippen molar-refractivity contribution in [2.24, 2.45) is 0 Å². The number of pyridine rings is 3. The van der Waals surface area contributed by atoms with Gasteiger partial charge in [0.05, 0.1) is 67.4 Å². The molecule has 0 aliphatic heterocycles. The highest BCUT2D eigenvalue weighted by molar-refractivity contribution is 6.21. The van der Waals surface area contributed by atoms with Crippen molar-refractivity contribution >= 4 is 131 Å². The first kappa shape index (κ1) is 69.7. The molecule has 0 N–H and O–H groups in total. The van der Waals surface area contributed by atoms with Crippen LogP contribution in [-0.2, 0) is 0 Å². The van der Waals surface area contributed by atoms with Crippen LogP contribution in [-0.4, -0.2) is 28.7 Å². The number of benzene rings is 15. The predicted octanol–water partition coefficient (Wildman–Crippen LogP) is 27.9. The summed E-state index contributed by atoms with van der Waals surface area (Å²) >= 11 is 0. The number of hydrogen-bond donors (Lipinski definition) is 0. The van der Waals surface area contributed by atoms with Gasteiger partial charge in [-0.25, -0.2) is 4.98 Å². The minimum absolute atomic E-state index is 0.408. The highest BCUT2D eigenvalue weighted by Crippen LogP contribution is 2.46. The van der Waals surface area contributed by atoms with Gasteiger partial charge in [0.15, 0.2) is 0 Å². The Hall–Kier alpha value is -17.0. The van der Waals surface area contributed by atoms with Crippen LogP contribution in [0.25, 0.3) is 215 Å². The van der Waals surface area contributed by atoms with E-state index in [1.807, 2.05) is 78.9 Å². The molecule has 0 radical (unpaired) electrons. The number of fused-ring (bicyclic) bond motifs is 18. The molecule has 558 valence electrons. The molecule has 0 unspecified atom stereocenters. The maximum Gasteiger partial charge on any atom is 0.141 e. The van der Waals surface area contributed by atoms with Crippen LogP contribution < -0.4 is 0 Å². The van der Waals surface area contributed by atoms with E-state index in [9.17, 15) is 15.8 Å². The molecular weight excluding hydrogens is 1470 g/mol. The molecule has 24 rings (SSSR count). The topological polar surface area (TPSA) is 164 Å². The van der Waals surface area contributed by atoms with Crippen LogP contribution in [0.15, 0.2) is 396 Å². The number of rotatable bonds is 9. The Kier molecular flexibility index (Phi) is 16.8. The summed E-state index contributed by atoms with van der Waals surface area (Å²) in [5, 5.41) is 42.6. The van der Waals surface area contributed by atoms with Crippen LogP contribution in [0.3, 0.4) is 0 Å². The summed E-state index contributed by atoms with van der Waals surface area (Å²) < 4.78 is 25.9. The summed E-state index contributed by atoms with van der Waals surface area (Å²) in [6.07, 6.45) is 8.45. The van der Waals surface area contributed by atoms with Crippen molar-refractivity contribution in [2.75, 3.05) is 0 Å². The second-order valence-electron chi connectivity index (χ2n) is 29.9. The zero-order chi connectivity index (χ0) is 79.9. The monoisotopic (exact) mass is 1530 g/mol. The zero-order valence-electron chi connectivity index (χ0n) is 64.1. The minimum Gasteiger partial charge on any atom is -0.456 e. The van der Waals surface area contributed by atoms with E-state index in [2.05, 4.69) is 314 Å². The Morgan fingerprint density at radius 3 is 1.00 bits per heavy atom. The third kappa shape index (κ3) is 11.7. The van der Waals surface area contributed by atoms with E-state index in [1.165, 1.54) is 32.3 Å². The van der Waals surface area contributed by atoms with E-state index in [1.54, 1.807) is 37.1 Å². The Morgan fingerprint density at radius 1 is 0.217 bits per heavy atom. The molecule has 0 atom stereocenters. The first-order chi connectivity index (χ1) is 59.4. The molecular formula is C108H63N9O3. The molecule has 0 spiro atoms. The maximum absolute atomic E-state index is 9.67. The van der Waals surface area contributed by atoms with Gasteiger partial charge in [-0.1, -0.05) is 218 Å². The van der Waals surface area contributed by atoms with Gasteiger partial charge in [0.2, 0.25) is 0 Å². The largest absolute Gasteiger partial charge is 0.456 e. The Balaban J connectivity index is 0.000000108. The van der Waals surface area contributed by atoms with Crippen molar-refractivity contribution in [1.82, 2.24) is 28.7 Å². The summed E-state index contributed by atoms with van der Waals surface area (Å²) in [6.45, 7) is 0. The van der Waals surface area contributed by atoms with Gasteiger partial charge in [-0.2, -0.15) is 15.8 Å². The normalized spacial score (nSPS) is 11.5. The van der Waals surface area contributed by atoms with E-state index in [4.69, 9.17) is 13.3 Å². The van der Waals surface area contributed by atoms with Gasteiger partial charge in [-0.3, -0.25) is 9.97 Å². The first-order valence-corrected chi connectivity index (χ1v) is 39.6. The van der Waals surface area contributed by atoms with Crippen LogP contribution in [0.1, 0.15) is 16.8 Å². The maximum atomic E-state index is 9.67. The molecule has 0 saturated heterocycles. The van der Waals surface area contributed by atoms with E-state index >= 15 is 0 Å². The average Bonchev–Trinajstić information content (AvgIpc) is 1.58. The lowest BCUT2D eigenvalue weighted by atomic mass is 9.96. The number of nitrogens with zero attached hydrogens (tertiary/aromatic N) is 9. The summed E-state index contributed by atoms with van der Waals surface area (Å²) in [5.41, 5.74) is 29.0. The summed E-state index contributed by atoms with van der Waals surface area (Å²) in [5.74, 6) is 0. The van der Waals surface area contributed by atoms with Crippen molar-refractivity contribution in [3.63, 3.8) is 0 Å². The molecule has 12 nitrogen and oxygen atoms in total. The Bertz CT molecular complexity index is 8130.